The molecule has 0 bridgehead atoms. The predicted octanol–water partition coefficient (Wildman–Crippen LogP) is 3.65. The van der Waals surface area contributed by atoms with Crippen LogP contribution in [0.5, 0.6) is 0 Å². The molecule has 1 aliphatic rings. The molecule has 0 amide bonds. The molecule has 0 aromatic carbocycles. The molecule has 0 aliphatic heterocycles. The molecular formula is C14H19N3OS. The van der Waals surface area contributed by atoms with Crippen LogP contribution >= 0.6 is 11.3 Å². The largest absolute Gasteiger partial charge is 0.333 e. The van der Waals surface area contributed by atoms with E-state index in [2.05, 4.69) is 35.4 Å². The zero-order chi connectivity index (χ0) is 13.5. The minimum Gasteiger partial charge on any atom is -0.333 e. The maximum absolute atomic E-state index is 6.36. The van der Waals surface area contributed by atoms with E-state index in [0.717, 1.165) is 30.6 Å². The third-order valence-electron chi connectivity index (χ3n) is 3.88. The number of nitrogens with two attached hydrogens (primary N) is 1. The number of aromatic nitrogens is 2. The highest BCUT2D eigenvalue weighted by Crippen LogP contribution is 2.37. The molecule has 2 aromatic heterocycles. The van der Waals surface area contributed by atoms with Gasteiger partial charge in [-0.25, -0.2) is 0 Å². The minimum absolute atomic E-state index is 0.378. The number of hydrogen-bond acceptors (Lipinski definition) is 5. The quantitative estimate of drug-likeness (QED) is 0.930. The lowest BCUT2D eigenvalue weighted by molar-refractivity contribution is 0.373. The third-order valence-corrected chi connectivity index (χ3v) is 4.80. The minimum atomic E-state index is -0.378. The summed E-state index contributed by atoms with van der Waals surface area (Å²) in [5.41, 5.74) is 7.25. The second-order valence-corrected chi connectivity index (χ2v) is 6.56. The summed E-state index contributed by atoms with van der Waals surface area (Å²) < 4.78 is 5.45. The zero-order valence-electron chi connectivity index (χ0n) is 11.3. The molecule has 0 saturated heterocycles. The van der Waals surface area contributed by atoms with E-state index in [4.69, 9.17) is 10.3 Å². The first-order chi connectivity index (χ1) is 9.10. The van der Waals surface area contributed by atoms with Gasteiger partial charge in [0, 0.05) is 0 Å². The predicted molar refractivity (Wildman–Crippen MR) is 76.0 cm³/mol. The molecule has 1 fully saturated rings. The SMILES string of the molecule is CC(C)c1ccsc1-c1nc(C2(N)CCCC2)no1. The molecule has 4 nitrogen and oxygen atoms in total. The molecule has 1 aliphatic carbocycles. The van der Waals surface area contributed by atoms with Crippen LogP contribution in [0.4, 0.5) is 0 Å². The molecule has 1 saturated carbocycles. The Morgan fingerprint density at radius 3 is 2.79 bits per heavy atom. The molecule has 0 atom stereocenters. The molecule has 3 rings (SSSR count). The fourth-order valence-electron chi connectivity index (χ4n) is 2.70. The summed E-state index contributed by atoms with van der Waals surface area (Å²) in [6.45, 7) is 4.34. The Kier molecular flexibility index (Phi) is 3.19. The summed E-state index contributed by atoms with van der Waals surface area (Å²) in [7, 11) is 0. The van der Waals surface area contributed by atoms with Crippen LogP contribution in [0.2, 0.25) is 0 Å². The normalized spacial score (nSPS) is 18.3. The Morgan fingerprint density at radius 2 is 2.11 bits per heavy atom. The van der Waals surface area contributed by atoms with Gasteiger partial charge in [0.15, 0.2) is 5.82 Å². The van der Waals surface area contributed by atoms with Crippen molar-refractivity contribution < 1.29 is 4.52 Å². The molecule has 2 heterocycles. The van der Waals surface area contributed by atoms with E-state index in [0.29, 0.717) is 17.6 Å². The smallest absolute Gasteiger partial charge is 0.268 e. The second-order valence-electron chi connectivity index (χ2n) is 5.65. The van der Waals surface area contributed by atoms with Crippen molar-refractivity contribution in [1.29, 1.82) is 0 Å². The second kappa shape index (κ2) is 4.72. The van der Waals surface area contributed by atoms with Gasteiger partial charge in [-0.1, -0.05) is 31.8 Å². The van der Waals surface area contributed by atoms with Crippen LogP contribution in [0.1, 0.15) is 56.8 Å². The summed E-state index contributed by atoms with van der Waals surface area (Å²) in [5, 5.41) is 6.19. The van der Waals surface area contributed by atoms with Crippen LogP contribution in [0.3, 0.4) is 0 Å². The Balaban J connectivity index is 1.95. The molecule has 0 spiro atoms. The number of rotatable bonds is 3. The highest BCUT2D eigenvalue weighted by Gasteiger charge is 2.36. The molecule has 0 radical (unpaired) electrons. The topological polar surface area (TPSA) is 64.9 Å². The van der Waals surface area contributed by atoms with Gasteiger partial charge in [0.2, 0.25) is 0 Å². The van der Waals surface area contributed by atoms with Crippen LogP contribution in [-0.4, -0.2) is 10.1 Å². The van der Waals surface area contributed by atoms with Crippen LogP contribution in [-0.2, 0) is 5.54 Å². The summed E-state index contributed by atoms with van der Waals surface area (Å²) in [6, 6.07) is 2.13. The first-order valence-corrected chi connectivity index (χ1v) is 7.69. The zero-order valence-corrected chi connectivity index (χ0v) is 12.2. The van der Waals surface area contributed by atoms with Crippen molar-refractivity contribution in [3.05, 3.63) is 22.8 Å². The highest BCUT2D eigenvalue weighted by atomic mass is 32.1. The van der Waals surface area contributed by atoms with Crippen LogP contribution in [0, 0.1) is 0 Å². The third kappa shape index (κ3) is 2.21. The fourth-order valence-corrected chi connectivity index (χ4v) is 3.67. The maximum atomic E-state index is 6.36. The van der Waals surface area contributed by atoms with Gasteiger partial charge in [-0.3, -0.25) is 0 Å². The van der Waals surface area contributed by atoms with Crippen molar-refractivity contribution in [3.8, 4) is 10.8 Å². The Labute approximate surface area is 117 Å². The van der Waals surface area contributed by atoms with E-state index in [1.165, 1.54) is 5.56 Å². The Bertz CT molecular complexity index is 567. The van der Waals surface area contributed by atoms with Gasteiger partial charge in [0.25, 0.3) is 5.89 Å². The van der Waals surface area contributed by atoms with E-state index in [1.54, 1.807) is 11.3 Å². The number of hydrogen-bond donors (Lipinski definition) is 1. The van der Waals surface area contributed by atoms with Crippen molar-refractivity contribution in [3.63, 3.8) is 0 Å². The van der Waals surface area contributed by atoms with E-state index in [9.17, 15) is 0 Å². The first kappa shape index (κ1) is 12.8. The van der Waals surface area contributed by atoms with E-state index in [1.807, 2.05) is 0 Å². The molecule has 19 heavy (non-hydrogen) atoms. The average molecular weight is 277 g/mol. The lowest BCUT2D eigenvalue weighted by atomic mass is 9.98. The molecule has 2 aromatic rings. The molecule has 2 N–H and O–H groups in total. The van der Waals surface area contributed by atoms with Crippen molar-refractivity contribution >= 4 is 11.3 Å². The standard InChI is InChI=1S/C14H19N3OS/c1-9(2)10-5-8-19-11(10)12-16-13(17-18-12)14(15)6-3-4-7-14/h5,8-9H,3-4,6-7,15H2,1-2H3. The van der Waals surface area contributed by atoms with Gasteiger partial charge in [-0.15, -0.1) is 11.3 Å². The lowest BCUT2D eigenvalue weighted by Gasteiger charge is -2.17. The average Bonchev–Trinajstić information content (AvgIpc) is 3.08. The first-order valence-electron chi connectivity index (χ1n) is 6.81. The lowest BCUT2D eigenvalue weighted by Crippen LogP contribution is -2.34. The van der Waals surface area contributed by atoms with Gasteiger partial charge in [-0.05, 0) is 35.8 Å². The highest BCUT2D eigenvalue weighted by molar-refractivity contribution is 7.13. The summed E-state index contributed by atoms with van der Waals surface area (Å²) in [4.78, 5) is 5.64. The molecule has 5 heteroatoms. The summed E-state index contributed by atoms with van der Waals surface area (Å²) >= 11 is 1.65. The maximum Gasteiger partial charge on any atom is 0.268 e. The molecular weight excluding hydrogens is 258 g/mol. The van der Waals surface area contributed by atoms with Crippen molar-refractivity contribution in [2.75, 3.05) is 0 Å². The monoisotopic (exact) mass is 277 g/mol. The Hall–Kier alpha value is -1.20. The van der Waals surface area contributed by atoms with Crippen LogP contribution in [0.25, 0.3) is 10.8 Å². The summed E-state index contributed by atoms with van der Waals surface area (Å²) in [6.07, 6.45) is 4.20. The molecule has 0 unspecified atom stereocenters. The Morgan fingerprint density at radius 1 is 1.37 bits per heavy atom. The fraction of sp³-hybridized carbons (Fsp3) is 0.571. The number of thiophene rings is 1. The van der Waals surface area contributed by atoms with E-state index < -0.39 is 0 Å². The summed E-state index contributed by atoms with van der Waals surface area (Å²) in [5.74, 6) is 1.74. The number of nitrogens with zero attached hydrogens (tertiary/aromatic N) is 2. The van der Waals surface area contributed by atoms with Gasteiger partial charge in [-0.2, -0.15) is 4.98 Å². The van der Waals surface area contributed by atoms with Gasteiger partial charge < -0.3 is 10.3 Å². The van der Waals surface area contributed by atoms with Gasteiger partial charge in [0.05, 0.1) is 10.4 Å². The van der Waals surface area contributed by atoms with Crippen LogP contribution < -0.4 is 5.73 Å². The van der Waals surface area contributed by atoms with Crippen LogP contribution in [0.15, 0.2) is 16.0 Å². The van der Waals surface area contributed by atoms with Crippen molar-refractivity contribution in [2.45, 2.75) is 51.0 Å². The van der Waals surface area contributed by atoms with E-state index in [-0.39, 0.29) is 5.54 Å². The van der Waals surface area contributed by atoms with Crippen molar-refractivity contribution in [2.24, 2.45) is 5.73 Å². The van der Waals surface area contributed by atoms with Gasteiger partial charge in [0.1, 0.15) is 0 Å². The van der Waals surface area contributed by atoms with Gasteiger partial charge >= 0.3 is 0 Å². The molecule has 102 valence electrons. The van der Waals surface area contributed by atoms with E-state index >= 15 is 0 Å². The van der Waals surface area contributed by atoms with Crippen molar-refractivity contribution in [1.82, 2.24) is 10.1 Å².